The molecular weight excluding hydrogens is 433 g/mol. The number of benzene rings is 3. The third kappa shape index (κ3) is 5.37. The van der Waals surface area contributed by atoms with E-state index in [9.17, 15) is 4.39 Å². The molecule has 0 aliphatic carbocycles. The molecule has 3 aromatic rings. The van der Waals surface area contributed by atoms with Gasteiger partial charge in [0.2, 0.25) is 0 Å². The lowest BCUT2D eigenvalue weighted by atomic mass is 10.2. The fourth-order valence-electron chi connectivity index (χ4n) is 2.57. The first-order valence-electron chi connectivity index (χ1n) is 8.28. The van der Waals surface area contributed by atoms with Gasteiger partial charge in [-0.3, -0.25) is 0 Å². The van der Waals surface area contributed by atoms with Crippen molar-refractivity contribution in [2.45, 2.75) is 13.2 Å². The lowest BCUT2D eigenvalue weighted by Gasteiger charge is -2.15. The van der Waals surface area contributed by atoms with Gasteiger partial charge in [0.25, 0.3) is 0 Å². The van der Waals surface area contributed by atoms with E-state index in [1.165, 1.54) is 12.1 Å². The summed E-state index contributed by atoms with van der Waals surface area (Å²) in [5, 5.41) is 4.03. The van der Waals surface area contributed by atoms with E-state index in [2.05, 4.69) is 21.2 Å². The number of ether oxygens (including phenoxy) is 2. The summed E-state index contributed by atoms with van der Waals surface area (Å²) >= 11 is 9.44. The van der Waals surface area contributed by atoms with Gasteiger partial charge < -0.3 is 14.8 Å². The van der Waals surface area contributed by atoms with E-state index in [1.54, 1.807) is 13.2 Å². The molecule has 3 aromatic carbocycles. The lowest BCUT2D eigenvalue weighted by Crippen LogP contribution is -2.03. The molecule has 3 nitrogen and oxygen atoms in total. The van der Waals surface area contributed by atoms with Crippen molar-refractivity contribution in [2.24, 2.45) is 0 Å². The minimum absolute atomic E-state index is 0.245. The third-order valence-corrected chi connectivity index (χ3v) is 4.74. The summed E-state index contributed by atoms with van der Waals surface area (Å²) in [4.78, 5) is 0. The van der Waals surface area contributed by atoms with Crippen molar-refractivity contribution in [1.29, 1.82) is 0 Å². The Bertz CT molecular complexity index is 919. The summed E-state index contributed by atoms with van der Waals surface area (Å²) in [6, 6.07) is 17.7. The molecule has 0 heterocycles. The largest absolute Gasteiger partial charge is 0.493 e. The van der Waals surface area contributed by atoms with Crippen molar-refractivity contribution in [1.82, 2.24) is 0 Å². The van der Waals surface area contributed by atoms with Crippen LogP contribution in [0.5, 0.6) is 11.5 Å². The smallest absolute Gasteiger partial charge is 0.175 e. The number of hydrogen-bond donors (Lipinski definition) is 1. The number of rotatable bonds is 7. The van der Waals surface area contributed by atoms with Crippen LogP contribution in [0.4, 0.5) is 10.1 Å². The van der Waals surface area contributed by atoms with Gasteiger partial charge in [0, 0.05) is 17.3 Å². The van der Waals surface area contributed by atoms with Crippen LogP contribution in [0.2, 0.25) is 5.02 Å². The first-order valence-corrected chi connectivity index (χ1v) is 9.45. The Balaban J connectivity index is 1.71. The molecule has 0 aliphatic rings. The standard InChI is InChI=1S/C21H18BrClFNO2/c1-26-20-11-15(12-25-18-7-5-16(23)6-8-18)10-19(22)21(20)27-13-14-3-2-4-17(24)9-14/h2-11,25H,12-13H2,1H3. The van der Waals surface area contributed by atoms with E-state index in [1.807, 2.05) is 42.5 Å². The molecule has 6 heteroatoms. The fourth-order valence-corrected chi connectivity index (χ4v) is 3.30. The van der Waals surface area contributed by atoms with E-state index >= 15 is 0 Å². The van der Waals surface area contributed by atoms with Crippen LogP contribution < -0.4 is 14.8 Å². The zero-order valence-corrected chi connectivity index (χ0v) is 17.0. The van der Waals surface area contributed by atoms with Gasteiger partial charge in [-0.05, 0) is 75.6 Å². The quantitative estimate of drug-likeness (QED) is 0.449. The van der Waals surface area contributed by atoms with Gasteiger partial charge in [-0.2, -0.15) is 0 Å². The van der Waals surface area contributed by atoms with E-state index in [-0.39, 0.29) is 12.4 Å². The Morgan fingerprint density at radius 2 is 1.81 bits per heavy atom. The molecule has 0 amide bonds. The van der Waals surface area contributed by atoms with E-state index < -0.39 is 0 Å². The van der Waals surface area contributed by atoms with Crippen LogP contribution >= 0.6 is 27.5 Å². The Kier molecular flexibility index (Phi) is 6.58. The van der Waals surface area contributed by atoms with E-state index in [0.717, 1.165) is 21.3 Å². The van der Waals surface area contributed by atoms with Crippen molar-refractivity contribution in [3.63, 3.8) is 0 Å². The highest BCUT2D eigenvalue weighted by Crippen LogP contribution is 2.37. The van der Waals surface area contributed by atoms with Crippen LogP contribution in [0, 0.1) is 5.82 Å². The summed E-state index contributed by atoms with van der Waals surface area (Å²) in [5.74, 6) is 0.899. The minimum atomic E-state index is -0.286. The Labute approximate surface area is 171 Å². The second-order valence-corrected chi connectivity index (χ2v) is 7.18. The fraction of sp³-hybridized carbons (Fsp3) is 0.143. The monoisotopic (exact) mass is 449 g/mol. The first-order chi connectivity index (χ1) is 13.0. The van der Waals surface area contributed by atoms with Gasteiger partial charge in [-0.25, -0.2) is 4.39 Å². The summed E-state index contributed by atoms with van der Waals surface area (Å²) in [6.45, 7) is 0.857. The van der Waals surface area contributed by atoms with Crippen LogP contribution in [-0.2, 0) is 13.2 Å². The van der Waals surface area contributed by atoms with Crippen molar-refractivity contribution >= 4 is 33.2 Å². The predicted octanol–water partition coefficient (Wildman–Crippen LogP) is 6.44. The van der Waals surface area contributed by atoms with Gasteiger partial charge in [0.15, 0.2) is 11.5 Å². The van der Waals surface area contributed by atoms with Crippen LogP contribution in [0.1, 0.15) is 11.1 Å². The molecule has 0 saturated heterocycles. The van der Waals surface area contributed by atoms with Crippen LogP contribution in [-0.4, -0.2) is 7.11 Å². The maximum atomic E-state index is 13.3. The zero-order chi connectivity index (χ0) is 19.2. The molecule has 1 N–H and O–H groups in total. The number of halogens is 3. The molecule has 0 spiro atoms. The molecule has 3 rings (SSSR count). The molecule has 0 saturated carbocycles. The molecular formula is C21H18BrClFNO2. The van der Waals surface area contributed by atoms with E-state index in [4.69, 9.17) is 21.1 Å². The summed E-state index contributed by atoms with van der Waals surface area (Å²) in [5.41, 5.74) is 2.74. The Morgan fingerprint density at radius 1 is 1.04 bits per heavy atom. The maximum Gasteiger partial charge on any atom is 0.175 e. The molecule has 27 heavy (non-hydrogen) atoms. The van der Waals surface area contributed by atoms with Crippen molar-refractivity contribution in [3.05, 3.63) is 87.1 Å². The first kappa shape index (κ1) is 19.5. The van der Waals surface area contributed by atoms with Crippen molar-refractivity contribution < 1.29 is 13.9 Å². The number of hydrogen-bond acceptors (Lipinski definition) is 3. The second-order valence-electron chi connectivity index (χ2n) is 5.89. The SMILES string of the molecule is COc1cc(CNc2ccc(Cl)cc2)cc(Br)c1OCc1cccc(F)c1. The molecule has 140 valence electrons. The topological polar surface area (TPSA) is 30.5 Å². The highest BCUT2D eigenvalue weighted by Gasteiger charge is 2.12. The predicted molar refractivity (Wildman–Crippen MR) is 110 cm³/mol. The van der Waals surface area contributed by atoms with Gasteiger partial charge in [0.1, 0.15) is 12.4 Å². The molecule has 0 aromatic heterocycles. The van der Waals surface area contributed by atoms with Crippen molar-refractivity contribution in [2.75, 3.05) is 12.4 Å². The average Bonchev–Trinajstić information content (AvgIpc) is 2.66. The molecule has 0 fully saturated rings. The minimum Gasteiger partial charge on any atom is -0.493 e. The number of nitrogens with one attached hydrogen (secondary N) is 1. The van der Waals surface area contributed by atoms with Gasteiger partial charge in [0.05, 0.1) is 11.6 Å². The summed E-state index contributed by atoms with van der Waals surface area (Å²) in [7, 11) is 1.59. The molecule has 0 aliphatic heterocycles. The second kappa shape index (κ2) is 9.11. The number of anilines is 1. The van der Waals surface area contributed by atoms with E-state index in [0.29, 0.717) is 23.1 Å². The molecule has 0 radical (unpaired) electrons. The lowest BCUT2D eigenvalue weighted by molar-refractivity contribution is 0.282. The van der Waals surface area contributed by atoms with Gasteiger partial charge in [-0.1, -0.05) is 23.7 Å². The summed E-state index contributed by atoms with van der Waals surface area (Å²) in [6.07, 6.45) is 0. The molecule has 0 atom stereocenters. The zero-order valence-electron chi connectivity index (χ0n) is 14.6. The summed E-state index contributed by atoms with van der Waals surface area (Å²) < 4.78 is 25.4. The highest BCUT2D eigenvalue weighted by atomic mass is 79.9. The highest BCUT2D eigenvalue weighted by molar-refractivity contribution is 9.10. The maximum absolute atomic E-state index is 13.3. The van der Waals surface area contributed by atoms with Crippen LogP contribution in [0.3, 0.4) is 0 Å². The van der Waals surface area contributed by atoms with Crippen molar-refractivity contribution in [3.8, 4) is 11.5 Å². The molecule has 0 unspecified atom stereocenters. The van der Waals surface area contributed by atoms with Gasteiger partial charge in [-0.15, -0.1) is 0 Å². The Morgan fingerprint density at radius 3 is 2.52 bits per heavy atom. The number of methoxy groups -OCH3 is 1. The van der Waals surface area contributed by atoms with Crippen LogP contribution in [0.15, 0.2) is 65.1 Å². The molecule has 0 bridgehead atoms. The van der Waals surface area contributed by atoms with Crippen LogP contribution in [0.25, 0.3) is 0 Å². The van der Waals surface area contributed by atoms with Gasteiger partial charge >= 0.3 is 0 Å². The normalized spacial score (nSPS) is 10.5. The average molecular weight is 451 g/mol. The third-order valence-electron chi connectivity index (χ3n) is 3.90. The Hall–Kier alpha value is -2.24.